The van der Waals surface area contributed by atoms with Crippen molar-refractivity contribution in [2.75, 3.05) is 13.2 Å². The Morgan fingerprint density at radius 1 is 1.44 bits per heavy atom. The first-order valence-corrected chi connectivity index (χ1v) is 5.63. The summed E-state index contributed by atoms with van der Waals surface area (Å²) in [5, 5.41) is -0.415. The molecule has 18 heavy (non-hydrogen) atoms. The molecule has 1 atom stereocenters. The molecule has 3 nitrogen and oxygen atoms in total. The fourth-order valence-electron chi connectivity index (χ4n) is 1.74. The summed E-state index contributed by atoms with van der Waals surface area (Å²) in [6.07, 6.45) is -4.02. The lowest BCUT2D eigenvalue weighted by Crippen LogP contribution is -2.17. The minimum absolute atomic E-state index is 0.0140. The Labute approximate surface area is 106 Å². The second kappa shape index (κ2) is 4.85. The Bertz CT molecular complexity index is 470. The molecule has 0 saturated carbocycles. The summed E-state index contributed by atoms with van der Waals surface area (Å²) in [4.78, 5) is 15.2. The van der Waals surface area contributed by atoms with Gasteiger partial charge in [0.15, 0.2) is 5.78 Å². The third-order valence-corrected chi connectivity index (χ3v) is 2.99. The highest BCUT2D eigenvalue weighted by molar-refractivity contribution is 6.32. The van der Waals surface area contributed by atoms with Crippen molar-refractivity contribution < 1.29 is 22.7 Å². The number of hydrogen-bond donors (Lipinski definition) is 0. The quantitative estimate of drug-likeness (QED) is 0.617. The van der Waals surface area contributed by atoms with Crippen molar-refractivity contribution in [2.24, 2.45) is 5.92 Å². The highest BCUT2D eigenvalue weighted by Crippen LogP contribution is 2.30. The predicted octanol–water partition coefficient (Wildman–Crippen LogP) is 2.97. The van der Waals surface area contributed by atoms with E-state index in [2.05, 4.69) is 4.98 Å². The van der Waals surface area contributed by atoms with E-state index >= 15 is 0 Å². The number of aromatic nitrogens is 1. The molecule has 2 rings (SSSR count). The van der Waals surface area contributed by atoms with E-state index in [4.69, 9.17) is 16.3 Å². The first-order chi connectivity index (χ1) is 8.39. The number of halogens is 4. The van der Waals surface area contributed by atoms with Gasteiger partial charge < -0.3 is 4.74 Å². The maximum atomic E-state index is 12.4. The molecule has 0 radical (unpaired) electrons. The largest absolute Gasteiger partial charge is 0.433 e. The van der Waals surface area contributed by atoms with E-state index in [1.54, 1.807) is 0 Å². The summed E-state index contributed by atoms with van der Waals surface area (Å²) >= 11 is 5.64. The van der Waals surface area contributed by atoms with Gasteiger partial charge >= 0.3 is 6.18 Å². The van der Waals surface area contributed by atoms with Crippen LogP contribution in [-0.4, -0.2) is 24.0 Å². The number of Topliss-reactive ketones (excluding diaryl/α,β-unsaturated/α-hetero) is 1. The van der Waals surface area contributed by atoms with Gasteiger partial charge in [-0.3, -0.25) is 4.79 Å². The lowest BCUT2D eigenvalue weighted by Gasteiger charge is -2.10. The van der Waals surface area contributed by atoms with Crippen LogP contribution < -0.4 is 0 Å². The van der Waals surface area contributed by atoms with Crippen LogP contribution in [0, 0.1) is 5.92 Å². The lowest BCUT2D eigenvalue weighted by atomic mass is 9.98. The molecular formula is C11H9ClF3NO2. The molecule has 0 spiro atoms. The summed E-state index contributed by atoms with van der Waals surface area (Å²) < 4.78 is 42.2. The monoisotopic (exact) mass is 279 g/mol. The molecule has 0 aliphatic carbocycles. The zero-order valence-corrected chi connectivity index (χ0v) is 9.88. The van der Waals surface area contributed by atoms with Crippen molar-refractivity contribution in [1.82, 2.24) is 4.98 Å². The molecule has 1 aromatic heterocycles. The Balaban J connectivity index is 2.27. The molecule has 1 saturated heterocycles. The lowest BCUT2D eigenvalue weighted by molar-refractivity contribution is -0.141. The topological polar surface area (TPSA) is 39.2 Å². The molecule has 1 aliphatic rings. The van der Waals surface area contributed by atoms with Crippen molar-refractivity contribution in [2.45, 2.75) is 12.6 Å². The van der Waals surface area contributed by atoms with Crippen molar-refractivity contribution in [1.29, 1.82) is 0 Å². The normalized spacial score (nSPS) is 20.1. The minimum atomic E-state index is -4.57. The van der Waals surface area contributed by atoms with E-state index in [0.717, 1.165) is 12.1 Å². The fraction of sp³-hybridized carbons (Fsp3) is 0.455. The predicted molar refractivity (Wildman–Crippen MR) is 57.5 cm³/mol. The van der Waals surface area contributed by atoms with E-state index in [1.807, 2.05) is 0 Å². The number of alkyl halides is 3. The molecule has 0 aromatic carbocycles. The number of ether oxygens (including phenoxy) is 1. The molecule has 1 unspecified atom stereocenters. The fourth-order valence-corrected chi connectivity index (χ4v) is 1.98. The standard InChI is InChI=1S/C11H9ClF3NO2/c12-10-7(9(17)6-3-4-18-5-6)1-2-8(16-10)11(13,14)15/h1-2,6H,3-5H2. The van der Waals surface area contributed by atoms with Crippen LogP contribution in [0.15, 0.2) is 12.1 Å². The van der Waals surface area contributed by atoms with Gasteiger partial charge in [0.25, 0.3) is 0 Å². The summed E-state index contributed by atoms with van der Waals surface area (Å²) in [5.41, 5.74) is -1.09. The number of nitrogens with zero attached hydrogens (tertiary/aromatic N) is 1. The first kappa shape index (κ1) is 13.3. The Morgan fingerprint density at radius 3 is 2.67 bits per heavy atom. The number of rotatable bonds is 2. The first-order valence-electron chi connectivity index (χ1n) is 5.25. The highest BCUT2D eigenvalue weighted by atomic mass is 35.5. The third-order valence-electron chi connectivity index (χ3n) is 2.71. The van der Waals surface area contributed by atoms with Gasteiger partial charge in [0.05, 0.1) is 12.2 Å². The zero-order chi connectivity index (χ0) is 13.3. The molecular weight excluding hydrogens is 271 g/mol. The molecule has 1 aliphatic heterocycles. The van der Waals surface area contributed by atoms with Gasteiger partial charge in [-0.05, 0) is 18.6 Å². The van der Waals surface area contributed by atoms with Gasteiger partial charge in [-0.2, -0.15) is 13.2 Å². The SMILES string of the molecule is O=C(c1ccc(C(F)(F)F)nc1Cl)C1CCOC1. The van der Waals surface area contributed by atoms with Crippen molar-refractivity contribution in [3.8, 4) is 0 Å². The molecule has 0 bridgehead atoms. The van der Waals surface area contributed by atoms with Crippen molar-refractivity contribution in [3.63, 3.8) is 0 Å². The summed E-state index contributed by atoms with van der Waals surface area (Å²) in [6, 6.07) is 1.83. The summed E-state index contributed by atoms with van der Waals surface area (Å²) in [6.45, 7) is 0.748. The Hall–Kier alpha value is -1.14. The second-order valence-electron chi connectivity index (χ2n) is 3.96. The molecule has 7 heteroatoms. The number of carbonyl (C=O) groups excluding carboxylic acids is 1. The van der Waals surface area contributed by atoms with Crippen LogP contribution in [0.5, 0.6) is 0 Å². The average Bonchev–Trinajstić information content (AvgIpc) is 2.80. The van der Waals surface area contributed by atoms with Crippen LogP contribution in [0.2, 0.25) is 5.15 Å². The third kappa shape index (κ3) is 2.64. The number of hydrogen-bond acceptors (Lipinski definition) is 3. The van der Waals surface area contributed by atoms with Crippen molar-refractivity contribution >= 4 is 17.4 Å². The average molecular weight is 280 g/mol. The van der Waals surface area contributed by atoms with Gasteiger partial charge in [0, 0.05) is 12.5 Å². The van der Waals surface area contributed by atoms with Gasteiger partial charge in [-0.25, -0.2) is 4.98 Å². The van der Waals surface area contributed by atoms with E-state index in [0.29, 0.717) is 13.0 Å². The van der Waals surface area contributed by atoms with Gasteiger partial charge in [0.2, 0.25) is 0 Å². The van der Waals surface area contributed by atoms with Crippen LogP contribution in [0.3, 0.4) is 0 Å². The number of carbonyl (C=O) groups is 1. The molecule has 0 N–H and O–H groups in total. The smallest absolute Gasteiger partial charge is 0.381 e. The van der Waals surface area contributed by atoms with Crippen LogP contribution in [0.1, 0.15) is 22.5 Å². The van der Waals surface area contributed by atoms with Gasteiger partial charge in [-0.15, -0.1) is 0 Å². The number of pyridine rings is 1. The van der Waals surface area contributed by atoms with Gasteiger partial charge in [-0.1, -0.05) is 11.6 Å². The Kier molecular flexibility index (Phi) is 3.59. The minimum Gasteiger partial charge on any atom is -0.381 e. The maximum Gasteiger partial charge on any atom is 0.433 e. The summed E-state index contributed by atoms with van der Waals surface area (Å²) in [5.74, 6) is -0.667. The number of ketones is 1. The molecule has 0 amide bonds. The zero-order valence-electron chi connectivity index (χ0n) is 9.13. The van der Waals surface area contributed by atoms with E-state index in [1.165, 1.54) is 0 Å². The molecule has 1 aromatic rings. The highest BCUT2D eigenvalue weighted by Gasteiger charge is 2.34. The van der Waals surface area contributed by atoms with E-state index in [-0.39, 0.29) is 23.9 Å². The van der Waals surface area contributed by atoms with Crippen LogP contribution in [0.25, 0.3) is 0 Å². The van der Waals surface area contributed by atoms with Crippen LogP contribution in [-0.2, 0) is 10.9 Å². The van der Waals surface area contributed by atoms with Crippen molar-refractivity contribution in [3.05, 3.63) is 28.5 Å². The van der Waals surface area contributed by atoms with E-state index in [9.17, 15) is 18.0 Å². The molecule has 2 heterocycles. The molecule has 1 fully saturated rings. The molecule has 98 valence electrons. The van der Waals surface area contributed by atoms with Gasteiger partial charge in [0.1, 0.15) is 10.8 Å². The van der Waals surface area contributed by atoms with E-state index < -0.39 is 17.0 Å². The maximum absolute atomic E-state index is 12.4. The van der Waals surface area contributed by atoms with Crippen LogP contribution >= 0.6 is 11.6 Å². The van der Waals surface area contributed by atoms with Crippen LogP contribution in [0.4, 0.5) is 13.2 Å². The summed E-state index contributed by atoms with van der Waals surface area (Å²) in [7, 11) is 0. The Morgan fingerprint density at radius 2 is 2.17 bits per heavy atom. The second-order valence-corrected chi connectivity index (χ2v) is 4.32.